The number of halogens is 1. The van der Waals surface area contributed by atoms with Crippen LogP contribution in [0.5, 0.6) is 0 Å². The van der Waals surface area contributed by atoms with Gasteiger partial charge in [0.25, 0.3) is 5.91 Å². The van der Waals surface area contributed by atoms with Gasteiger partial charge in [-0.15, -0.1) is 0 Å². The monoisotopic (exact) mass is 298 g/mol. The predicted octanol–water partition coefficient (Wildman–Crippen LogP) is 2.33. The molecular weight excluding hydrogens is 280 g/mol. The van der Waals surface area contributed by atoms with Crippen molar-refractivity contribution in [2.75, 3.05) is 13.7 Å². The molecule has 1 rings (SSSR count). The zero-order chi connectivity index (χ0) is 15.3. The summed E-state index contributed by atoms with van der Waals surface area (Å²) in [6, 6.07) is 3.21. The lowest BCUT2D eigenvalue weighted by molar-refractivity contribution is -0.140. The third-order valence-electron chi connectivity index (χ3n) is 2.67. The zero-order valence-corrected chi connectivity index (χ0v) is 12.9. The molecule has 0 saturated carbocycles. The van der Waals surface area contributed by atoms with Gasteiger partial charge in [0.1, 0.15) is 5.15 Å². The van der Waals surface area contributed by atoms with Crippen LogP contribution in [0.25, 0.3) is 0 Å². The van der Waals surface area contributed by atoms with Gasteiger partial charge in [0.05, 0.1) is 13.5 Å². The van der Waals surface area contributed by atoms with E-state index in [4.69, 9.17) is 11.6 Å². The molecule has 0 fully saturated rings. The van der Waals surface area contributed by atoms with Crippen LogP contribution in [0.15, 0.2) is 12.1 Å². The minimum Gasteiger partial charge on any atom is -0.469 e. The number of hydrogen-bond donors (Lipinski definition) is 1. The fourth-order valence-electron chi connectivity index (χ4n) is 1.49. The molecule has 5 nitrogen and oxygen atoms in total. The molecule has 0 radical (unpaired) electrons. The van der Waals surface area contributed by atoms with E-state index in [1.165, 1.54) is 13.2 Å². The van der Waals surface area contributed by atoms with Crippen LogP contribution in [-0.2, 0) is 14.9 Å². The molecule has 0 aliphatic rings. The molecule has 0 unspecified atom stereocenters. The highest BCUT2D eigenvalue weighted by Crippen LogP contribution is 2.23. The Morgan fingerprint density at radius 1 is 1.35 bits per heavy atom. The minimum atomic E-state index is -0.367. The van der Waals surface area contributed by atoms with Crippen molar-refractivity contribution in [3.05, 3.63) is 28.5 Å². The van der Waals surface area contributed by atoms with Gasteiger partial charge in [-0.05, 0) is 12.1 Å². The van der Waals surface area contributed by atoms with E-state index in [0.717, 1.165) is 5.69 Å². The Labute approximate surface area is 123 Å². The second-order valence-electron chi connectivity index (χ2n) is 5.40. The number of nitrogens with one attached hydrogen (secondary N) is 1. The van der Waals surface area contributed by atoms with Crippen molar-refractivity contribution < 1.29 is 14.3 Å². The summed E-state index contributed by atoms with van der Waals surface area (Å²) in [7, 11) is 1.31. The molecule has 0 spiro atoms. The Morgan fingerprint density at radius 2 is 2.00 bits per heavy atom. The highest BCUT2D eigenvalue weighted by molar-refractivity contribution is 6.29. The van der Waals surface area contributed by atoms with Crippen LogP contribution < -0.4 is 5.32 Å². The third-order valence-corrected chi connectivity index (χ3v) is 2.86. The van der Waals surface area contributed by atoms with Crippen molar-refractivity contribution in [3.8, 4) is 0 Å². The Hall–Kier alpha value is -1.62. The van der Waals surface area contributed by atoms with Crippen molar-refractivity contribution in [2.45, 2.75) is 32.6 Å². The smallest absolute Gasteiger partial charge is 0.307 e. The van der Waals surface area contributed by atoms with Crippen LogP contribution in [-0.4, -0.2) is 30.5 Å². The normalized spacial score (nSPS) is 11.1. The van der Waals surface area contributed by atoms with Crippen molar-refractivity contribution in [2.24, 2.45) is 0 Å². The first-order valence-electron chi connectivity index (χ1n) is 6.27. The number of carbonyl (C=O) groups is 2. The molecule has 6 heteroatoms. The van der Waals surface area contributed by atoms with Crippen molar-refractivity contribution >= 4 is 23.5 Å². The first-order chi connectivity index (χ1) is 9.24. The summed E-state index contributed by atoms with van der Waals surface area (Å²) in [6.07, 6.45) is 0.132. The Kier molecular flexibility index (Phi) is 5.51. The molecule has 0 saturated heterocycles. The topological polar surface area (TPSA) is 68.3 Å². The fraction of sp³-hybridized carbons (Fsp3) is 0.500. The van der Waals surface area contributed by atoms with Gasteiger partial charge in [0.15, 0.2) is 0 Å². The molecule has 1 amide bonds. The minimum absolute atomic E-state index is 0.132. The van der Waals surface area contributed by atoms with Crippen molar-refractivity contribution in [1.29, 1.82) is 0 Å². The molecule has 110 valence electrons. The van der Waals surface area contributed by atoms with Crippen LogP contribution in [0.4, 0.5) is 0 Å². The highest BCUT2D eigenvalue weighted by atomic mass is 35.5. The first kappa shape index (κ1) is 16.4. The number of pyridine rings is 1. The van der Waals surface area contributed by atoms with Gasteiger partial charge in [0, 0.05) is 23.2 Å². The number of nitrogens with zero attached hydrogens (tertiary/aromatic N) is 1. The lowest BCUT2D eigenvalue weighted by Crippen LogP contribution is -2.27. The highest BCUT2D eigenvalue weighted by Gasteiger charge is 2.19. The quantitative estimate of drug-likeness (QED) is 0.684. The second kappa shape index (κ2) is 6.70. The molecule has 1 N–H and O–H groups in total. The Morgan fingerprint density at radius 3 is 2.55 bits per heavy atom. The number of amides is 1. The van der Waals surface area contributed by atoms with Crippen LogP contribution >= 0.6 is 11.6 Å². The van der Waals surface area contributed by atoms with Gasteiger partial charge >= 0.3 is 5.97 Å². The summed E-state index contributed by atoms with van der Waals surface area (Å²) < 4.78 is 4.50. The number of esters is 1. The summed E-state index contributed by atoms with van der Waals surface area (Å²) in [5, 5.41) is 2.92. The van der Waals surface area contributed by atoms with E-state index in [-0.39, 0.29) is 35.4 Å². The summed E-state index contributed by atoms with van der Waals surface area (Å²) in [6.45, 7) is 6.19. The number of methoxy groups -OCH3 is 1. The lowest BCUT2D eigenvalue weighted by atomic mass is 9.91. The third kappa shape index (κ3) is 4.81. The van der Waals surface area contributed by atoms with E-state index in [9.17, 15) is 9.59 Å². The molecule has 0 bridgehead atoms. The molecule has 0 aliphatic carbocycles. The summed E-state index contributed by atoms with van der Waals surface area (Å²) >= 11 is 5.94. The van der Waals surface area contributed by atoms with E-state index in [0.29, 0.717) is 5.56 Å². The molecule has 1 heterocycles. The number of carbonyl (C=O) groups excluding carboxylic acids is 2. The maximum Gasteiger partial charge on any atom is 0.307 e. The zero-order valence-electron chi connectivity index (χ0n) is 12.1. The standard InChI is InChI=1S/C14H19ClN2O3/c1-14(2,3)10-7-9(8-11(15)17-10)13(19)16-6-5-12(18)20-4/h7-8H,5-6H2,1-4H3,(H,16,19). The van der Waals surface area contributed by atoms with Gasteiger partial charge < -0.3 is 10.1 Å². The molecule has 0 aliphatic heterocycles. The molecule has 0 atom stereocenters. The van der Waals surface area contributed by atoms with Crippen LogP contribution in [0.3, 0.4) is 0 Å². The van der Waals surface area contributed by atoms with Gasteiger partial charge in [-0.3, -0.25) is 9.59 Å². The maximum absolute atomic E-state index is 12.0. The lowest BCUT2D eigenvalue weighted by Gasteiger charge is -2.18. The van der Waals surface area contributed by atoms with Gasteiger partial charge in [-0.2, -0.15) is 0 Å². The van der Waals surface area contributed by atoms with E-state index in [1.807, 2.05) is 20.8 Å². The van der Waals surface area contributed by atoms with Gasteiger partial charge in [-0.1, -0.05) is 32.4 Å². The molecule has 1 aromatic heterocycles. The second-order valence-corrected chi connectivity index (χ2v) is 5.78. The molecule has 1 aromatic rings. The van der Waals surface area contributed by atoms with Crippen molar-refractivity contribution in [3.63, 3.8) is 0 Å². The van der Waals surface area contributed by atoms with Crippen LogP contribution in [0.1, 0.15) is 43.2 Å². The number of hydrogen-bond acceptors (Lipinski definition) is 4. The summed E-state index contributed by atoms with van der Waals surface area (Å²) in [5.74, 6) is -0.655. The molecule has 0 aromatic carbocycles. The summed E-state index contributed by atoms with van der Waals surface area (Å²) in [4.78, 5) is 27.2. The average Bonchev–Trinajstić information content (AvgIpc) is 2.36. The molecule has 20 heavy (non-hydrogen) atoms. The van der Waals surface area contributed by atoms with Crippen molar-refractivity contribution in [1.82, 2.24) is 10.3 Å². The largest absolute Gasteiger partial charge is 0.469 e. The van der Waals surface area contributed by atoms with Crippen LogP contribution in [0.2, 0.25) is 5.15 Å². The van der Waals surface area contributed by atoms with E-state index in [1.54, 1.807) is 6.07 Å². The van der Waals surface area contributed by atoms with Gasteiger partial charge in [-0.25, -0.2) is 4.98 Å². The predicted molar refractivity (Wildman–Crippen MR) is 76.9 cm³/mol. The summed E-state index contributed by atoms with van der Waals surface area (Å²) in [5.41, 5.74) is 0.967. The number of ether oxygens (including phenoxy) is 1. The van der Waals surface area contributed by atoms with E-state index in [2.05, 4.69) is 15.0 Å². The average molecular weight is 299 g/mol. The van der Waals surface area contributed by atoms with Gasteiger partial charge in [0.2, 0.25) is 0 Å². The molecular formula is C14H19ClN2O3. The number of aromatic nitrogens is 1. The first-order valence-corrected chi connectivity index (χ1v) is 6.65. The fourth-order valence-corrected chi connectivity index (χ4v) is 1.70. The van der Waals surface area contributed by atoms with E-state index < -0.39 is 0 Å². The Balaban J connectivity index is 2.78. The Bertz CT molecular complexity index is 510. The van der Waals surface area contributed by atoms with Crippen LogP contribution in [0, 0.1) is 0 Å². The number of rotatable bonds is 4. The SMILES string of the molecule is COC(=O)CCNC(=O)c1cc(Cl)nc(C(C)(C)C)c1. The van der Waals surface area contributed by atoms with E-state index >= 15 is 0 Å². The maximum atomic E-state index is 12.0.